The van der Waals surface area contributed by atoms with Gasteiger partial charge in [0.25, 0.3) is 0 Å². The number of carbonyl (C=O) groups excluding carboxylic acids is 1. The van der Waals surface area contributed by atoms with Crippen LogP contribution in [0.4, 0.5) is 5.69 Å². The van der Waals surface area contributed by atoms with Crippen molar-refractivity contribution < 1.29 is 48.4 Å². The van der Waals surface area contributed by atoms with Gasteiger partial charge in [-0.2, -0.15) is 0 Å². The van der Waals surface area contributed by atoms with Gasteiger partial charge >= 0.3 is 217 Å². The third-order valence-electron chi connectivity index (χ3n) is 8.06. The minimum atomic E-state index is -0.828. The Morgan fingerprint density at radius 3 is 2.91 bits per heavy atom. The summed E-state index contributed by atoms with van der Waals surface area (Å²) in [6.07, 6.45) is 3.90. The van der Waals surface area contributed by atoms with E-state index < -0.39 is 32.9 Å². The van der Waals surface area contributed by atoms with Gasteiger partial charge in [0.1, 0.15) is 0 Å². The van der Waals surface area contributed by atoms with Crippen molar-refractivity contribution in [2.75, 3.05) is 44.3 Å². The number of carbonyl (C=O) groups is 1. The van der Waals surface area contributed by atoms with E-state index in [9.17, 15) is 10.1 Å². The third kappa shape index (κ3) is 3.54. The Balaban J connectivity index is 1.62. The number of esters is 1. The molecule has 1 aromatic rings. The van der Waals surface area contributed by atoms with Crippen LogP contribution in [0.5, 0.6) is 5.75 Å². The van der Waals surface area contributed by atoms with Gasteiger partial charge in [-0.05, 0) is 0 Å². The Labute approximate surface area is 216 Å². The number of nitrogens with one attached hydrogen (secondary N) is 1. The van der Waals surface area contributed by atoms with Crippen LogP contribution in [0.2, 0.25) is 0 Å². The second kappa shape index (κ2) is 9.42. The van der Waals surface area contributed by atoms with Crippen LogP contribution in [0.1, 0.15) is 37.3 Å². The molecule has 5 atom stereocenters. The number of methoxy groups -OCH3 is 3. The van der Waals surface area contributed by atoms with E-state index in [1.165, 1.54) is 13.4 Å². The van der Waals surface area contributed by atoms with Gasteiger partial charge in [0.15, 0.2) is 0 Å². The van der Waals surface area contributed by atoms with E-state index in [4.69, 9.17) is 22.0 Å². The van der Waals surface area contributed by atoms with Crippen molar-refractivity contribution in [1.29, 1.82) is 5.26 Å². The first-order valence-electron chi connectivity index (χ1n) is 11.9. The van der Waals surface area contributed by atoms with E-state index in [1.807, 2.05) is 6.07 Å². The predicted octanol–water partition coefficient (Wildman–Crippen LogP) is -0.284. The van der Waals surface area contributed by atoms with E-state index in [0.717, 1.165) is 37.2 Å². The maximum atomic E-state index is 12.8. The number of nitriles is 1. The van der Waals surface area contributed by atoms with E-state index in [1.54, 1.807) is 20.3 Å². The van der Waals surface area contributed by atoms with Gasteiger partial charge in [-0.1, -0.05) is 0 Å². The molecule has 0 spiro atoms. The molecule has 0 unspecified atom stereocenters. The van der Waals surface area contributed by atoms with Crippen LogP contribution in [0, 0.1) is 23.2 Å². The molecular formula is C25H31IN3O6-. The molecule has 0 saturated carbocycles. The summed E-state index contributed by atoms with van der Waals surface area (Å²) >= 11 is -0.660. The van der Waals surface area contributed by atoms with Crippen molar-refractivity contribution in [3.8, 4) is 11.8 Å². The van der Waals surface area contributed by atoms with Crippen LogP contribution in [0.15, 0.2) is 24.0 Å². The quantitative estimate of drug-likeness (QED) is 0.162. The van der Waals surface area contributed by atoms with Crippen molar-refractivity contribution in [2.45, 2.75) is 43.6 Å². The molecule has 35 heavy (non-hydrogen) atoms. The molecule has 4 aliphatic heterocycles. The third-order valence-corrected chi connectivity index (χ3v) is 9.63. The number of halogens is 1. The van der Waals surface area contributed by atoms with Gasteiger partial charge in [-0.3, -0.25) is 0 Å². The van der Waals surface area contributed by atoms with Gasteiger partial charge in [-0.15, -0.1) is 0 Å². The molecule has 3 saturated heterocycles. The number of piperidine rings is 2. The number of ether oxygens (including phenoxy) is 4. The van der Waals surface area contributed by atoms with Crippen molar-refractivity contribution in [1.82, 2.24) is 4.90 Å². The molecule has 0 bridgehead atoms. The summed E-state index contributed by atoms with van der Waals surface area (Å²) in [7, 11) is 4.59. The maximum absolute atomic E-state index is 12.8. The van der Waals surface area contributed by atoms with Gasteiger partial charge in [-0.25, -0.2) is 0 Å². The van der Waals surface area contributed by atoms with Gasteiger partial charge < -0.3 is 0 Å². The molecule has 4 heterocycles. The monoisotopic (exact) mass is 596 g/mol. The molecule has 1 N–H and O–H groups in total. The number of fused-ring (bicyclic) bond motifs is 2. The Morgan fingerprint density at radius 2 is 2.23 bits per heavy atom. The van der Waals surface area contributed by atoms with Crippen LogP contribution in [-0.2, 0) is 27.7 Å². The van der Waals surface area contributed by atoms with Crippen LogP contribution < -0.4 is 31.7 Å². The number of rotatable bonds is 5. The fraction of sp³-hybridized carbons (Fsp3) is 0.600. The van der Waals surface area contributed by atoms with Gasteiger partial charge in [0, 0.05) is 0 Å². The Bertz CT molecular complexity index is 1090. The SMILES string of the molecule is CC[C@@H]1CN2CC[C@@]34OC[I-]O[C@@]3(Nc3cc(C#N)cc(OC)c34)[C@@H]2C[C@@H]1/C(=C\OC)C(=O)OC. The van der Waals surface area contributed by atoms with Crippen LogP contribution in [0.3, 0.4) is 0 Å². The zero-order chi connectivity index (χ0) is 24.8. The first kappa shape index (κ1) is 24.6. The molecule has 0 radical (unpaired) electrons. The van der Waals surface area contributed by atoms with Gasteiger partial charge in [0.05, 0.1) is 0 Å². The second-order valence-corrected chi connectivity index (χ2v) is 11.1. The molecule has 4 aliphatic rings. The number of hydrogen-bond donors (Lipinski definition) is 1. The second-order valence-electron chi connectivity index (χ2n) is 9.41. The predicted molar refractivity (Wildman–Crippen MR) is 122 cm³/mol. The Kier molecular flexibility index (Phi) is 6.63. The van der Waals surface area contributed by atoms with E-state index >= 15 is 0 Å². The fourth-order valence-corrected chi connectivity index (χ4v) is 8.59. The van der Waals surface area contributed by atoms with Gasteiger partial charge in [0.2, 0.25) is 0 Å². The molecule has 1 aromatic carbocycles. The zero-order valence-corrected chi connectivity index (χ0v) is 22.6. The average molecular weight is 596 g/mol. The molecule has 0 aromatic heterocycles. The molecule has 0 amide bonds. The summed E-state index contributed by atoms with van der Waals surface area (Å²) < 4.78 is 30.3. The normalized spacial score (nSPS) is 34.0. The van der Waals surface area contributed by atoms with Crippen molar-refractivity contribution in [3.63, 3.8) is 0 Å². The number of benzene rings is 1. The fourth-order valence-electron chi connectivity index (χ4n) is 6.55. The summed E-state index contributed by atoms with van der Waals surface area (Å²) in [5, 5.41) is 13.3. The number of nitrogens with zero attached hydrogens (tertiary/aromatic N) is 2. The summed E-state index contributed by atoms with van der Waals surface area (Å²) in [6.45, 7) is 3.83. The Morgan fingerprint density at radius 1 is 1.40 bits per heavy atom. The molecule has 190 valence electrons. The minimum absolute atomic E-state index is 0.0513. The molecule has 0 aliphatic carbocycles. The molecule has 5 rings (SSSR count). The van der Waals surface area contributed by atoms with E-state index in [2.05, 4.69) is 23.2 Å². The first-order chi connectivity index (χ1) is 17.0. The summed E-state index contributed by atoms with van der Waals surface area (Å²) in [4.78, 5) is 15.3. The first-order valence-corrected chi connectivity index (χ1v) is 14.3. The average Bonchev–Trinajstić information content (AvgIpc) is 3.21. The summed E-state index contributed by atoms with van der Waals surface area (Å²) in [5.41, 5.74) is 1.26. The molecule has 9 nitrogen and oxygen atoms in total. The zero-order valence-electron chi connectivity index (χ0n) is 20.4. The van der Waals surface area contributed by atoms with E-state index in [-0.39, 0.29) is 23.8 Å². The van der Waals surface area contributed by atoms with Crippen molar-refractivity contribution in [2.24, 2.45) is 11.8 Å². The van der Waals surface area contributed by atoms with Crippen molar-refractivity contribution >= 4 is 11.7 Å². The van der Waals surface area contributed by atoms with Crippen molar-refractivity contribution in [3.05, 3.63) is 35.1 Å². The molecule has 3 fully saturated rings. The number of alkyl halides is 1. The number of anilines is 1. The molecule has 10 heteroatoms. The molecular weight excluding hydrogens is 565 g/mol. The number of hydrogen-bond acceptors (Lipinski definition) is 9. The Hall–Kier alpha value is -2.07. The summed E-state index contributed by atoms with van der Waals surface area (Å²) in [6, 6.07) is 5.81. The topological polar surface area (TPSA) is 102 Å². The van der Waals surface area contributed by atoms with E-state index in [0.29, 0.717) is 27.9 Å². The summed E-state index contributed by atoms with van der Waals surface area (Å²) in [5.74, 6) is 0.501. The van der Waals surface area contributed by atoms with Crippen LogP contribution in [0.25, 0.3) is 0 Å². The van der Waals surface area contributed by atoms with Crippen LogP contribution in [-0.4, -0.2) is 61.7 Å². The van der Waals surface area contributed by atoms with Crippen LogP contribution >= 0.6 is 0 Å². The standard InChI is InChI=1S/C25H31IN3O6/c1-5-16-12-29-7-6-24-22-19(8-15(11-27)9-20(22)32-3)28-25(24,35-26-14-34-24)21(29)10-17(16)18(13-31-2)23(30)33-4/h8-9,13,16-17,21,28H,5-7,10,12,14H2,1-4H3/q-1/b18-13+/t16-,17+,21+,24+,25+/m1/s1.